The van der Waals surface area contributed by atoms with Crippen LogP contribution in [0.4, 0.5) is 5.82 Å². The lowest BCUT2D eigenvalue weighted by Crippen LogP contribution is -2.34. The number of hydrogen-bond donors (Lipinski definition) is 2. The minimum Gasteiger partial charge on any atom is -0.337 e. The van der Waals surface area contributed by atoms with E-state index in [1.54, 1.807) is 18.2 Å². The number of benzene rings is 1. The van der Waals surface area contributed by atoms with Crippen molar-refractivity contribution in [1.29, 1.82) is 0 Å². The highest BCUT2D eigenvalue weighted by molar-refractivity contribution is 5.92. The monoisotopic (exact) mass is 282 g/mol. The van der Waals surface area contributed by atoms with Crippen LogP contribution in [0, 0.1) is 0 Å². The van der Waals surface area contributed by atoms with E-state index in [1.807, 2.05) is 17.0 Å². The SMILES string of the molecule is NNc1cccc(C(=O)N2CCc3ccccc3CC2)n1. The van der Waals surface area contributed by atoms with Crippen molar-refractivity contribution in [3.63, 3.8) is 0 Å². The average molecular weight is 282 g/mol. The third-order valence-electron chi connectivity index (χ3n) is 3.82. The van der Waals surface area contributed by atoms with E-state index in [1.165, 1.54) is 11.1 Å². The number of nitrogen functional groups attached to an aromatic ring is 1. The average Bonchev–Trinajstić information content (AvgIpc) is 2.77. The van der Waals surface area contributed by atoms with Crippen molar-refractivity contribution in [1.82, 2.24) is 9.88 Å². The van der Waals surface area contributed by atoms with Gasteiger partial charge in [-0.25, -0.2) is 10.8 Å². The fraction of sp³-hybridized carbons (Fsp3) is 0.250. The molecule has 5 heteroatoms. The molecule has 1 aromatic heterocycles. The summed E-state index contributed by atoms with van der Waals surface area (Å²) < 4.78 is 0. The highest BCUT2D eigenvalue weighted by Crippen LogP contribution is 2.17. The number of pyridine rings is 1. The van der Waals surface area contributed by atoms with Crippen LogP contribution in [0.1, 0.15) is 21.6 Å². The van der Waals surface area contributed by atoms with Gasteiger partial charge in [0.25, 0.3) is 5.91 Å². The van der Waals surface area contributed by atoms with E-state index in [0.717, 1.165) is 25.9 Å². The Balaban J connectivity index is 1.77. The number of rotatable bonds is 2. The summed E-state index contributed by atoms with van der Waals surface area (Å²) in [6.07, 6.45) is 1.77. The second-order valence-corrected chi connectivity index (χ2v) is 5.11. The highest BCUT2D eigenvalue weighted by atomic mass is 16.2. The van der Waals surface area contributed by atoms with Gasteiger partial charge in [0.05, 0.1) is 0 Å². The highest BCUT2D eigenvalue weighted by Gasteiger charge is 2.20. The quantitative estimate of drug-likeness (QED) is 0.648. The molecule has 0 saturated carbocycles. The molecule has 1 aliphatic heterocycles. The van der Waals surface area contributed by atoms with Crippen LogP contribution in [0.3, 0.4) is 0 Å². The van der Waals surface area contributed by atoms with Crippen molar-refractivity contribution in [3.8, 4) is 0 Å². The molecule has 1 aliphatic rings. The van der Waals surface area contributed by atoms with Crippen LogP contribution < -0.4 is 11.3 Å². The minimum atomic E-state index is -0.0418. The number of nitrogens with two attached hydrogens (primary N) is 1. The van der Waals surface area contributed by atoms with Crippen molar-refractivity contribution in [2.45, 2.75) is 12.8 Å². The normalized spacial score (nSPS) is 14.2. The van der Waals surface area contributed by atoms with Gasteiger partial charge >= 0.3 is 0 Å². The number of carbonyl (C=O) groups excluding carboxylic acids is 1. The first-order chi connectivity index (χ1) is 10.3. The fourth-order valence-electron chi connectivity index (χ4n) is 2.67. The fourth-order valence-corrected chi connectivity index (χ4v) is 2.67. The van der Waals surface area contributed by atoms with Gasteiger partial charge in [0.15, 0.2) is 0 Å². The Morgan fingerprint density at radius 1 is 1.05 bits per heavy atom. The lowest BCUT2D eigenvalue weighted by atomic mass is 10.0. The van der Waals surface area contributed by atoms with E-state index in [9.17, 15) is 4.79 Å². The van der Waals surface area contributed by atoms with Gasteiger partial charge in [-0.15, -0.1) is 0 Å². The maximum atomic E-state index is 12.6. The number of nitrogens with one attached hydrogen (secondary N) is 1. The van der Waals surface area contributed by atoms with Crippen LogP contribution in [0.25, 0.3) is 0 Å². The summed E-state index contributed by atoms with van der Waals surface area (Å²) in [5, 5.41) is 0. The lowest BCUT2D eigenvalue weighted by Gasteiger charge is -2.20. The van der Waals surface area contributed by atoms with E-state index < -0.39 is 0 Å². The van der Waals surface area contributed by atoms with Gasteiger partial charge in [0, 0.05) is 13.1 Å². The van der Waals surface area contributed by atoms with Gasteiger partial charge in [-0.05, 0) is 36.1 Å². The van der Waals surface area contributed by atoms with Crippen molar-refractivity contribution in [3.05, 3.63) is 59.3 Å². The van der Waals surface area contributed by atoms with Gasteiger partial charge < -0.3 is 10.3 Å². The molecule has 1 aromatic carbocycles. The molecule has 21 heavy (non-hydrogen) atoms. The predicted octanol–water partition coefficient (Wildman–Crippen LogP) is 1.61. The van der Waals surface area contributed by atoms with Crippen LogP contribution in [0.2, 0.25) is 0 Å². The van der Waals surface area contributed by atoms with E-state index >= 15 is 0 Å². The summed E-state index contributed by atoms with van der Waals surface area (Å²) in [5.74, 6) is 5.80. The zero-order valence-electron chi connectivity index (χ0n) is 11.7. The predicted molar refractivity (Wildman–Crippen MR) is 81.8 cm³/mol. The number of fused-ring (bicyclic) bond motifs is 1. The Morgan fingerprint density at radius 3 is 2.33 bits per heavy atom. The first-order valence-corrected chi connectivity index (χ1v) is 7.07. The third-order valence-corrected chi connectivity index (χ3v) is 3.82. The number of hydrogen-bond acceptors (Lipinski definition) is 4. The van der Waals surface area contributed by atoms with Crippen molar-refractivity contribution >= 4 is 11.7 Å². The van der Waals surface area contributed by atoms with E-state index in [0.29, 0.717) is 11.5 Å². The lowest BCUT2D eigenvalue weighted by molar-refractivity contribution is 0.0757. The Kier molecular flexibility index (Phi) is 3.83. The second kappa shape index (κ2) is 5.93. The topological polar surface area (TPSA) is 71.2 Å². The van der Waals surface area contributed by atoms with Crippen LogP contribution in [0.5, 0.6) is 0 Å². The number of nitrogens with zero attached hydrogens (tertiary/aromatic N) is 2. The second-order valence-electron chi connectivity index (χ2n) is 5.11. The molecule has 0 saturated heterocycles. The van der Waals surface area contributed by atoms with E-state index in [-0.39, 0.29) is 5.91 Å². The first kappa shape index (κ1) is 13.6. The van der Waals surface area contributed by atoms with Crippen molar-refractivity contribution in [2.75, 3.05) is 18.5 Å². The summed E-state index contributed by atoms with van der Waals surface area (Å²) in [6, 6.07) is 13.6. The molecule has 2 heterocycles. The van der Waals surface area contributed by atoms with E-state index in [2.05, 4.69) is 22.5 Å². The molecule has 5 nitrogen and oxygen atoms in total. The molecule has 1 amide bonds. The van der Waals surface area contributed by atoms with Crippen molar-refractivity contribution < 1.29 is 4.79 Å². The molecule has 3 N–H and O–H groups in total. The molecule has 0 unspecified atom stereocenters. The van der Waals surface area contributed by atoms with Gasteiger partial charge in [0.1, 0.15) is 11.5 Å². The zero-order chi connectivity index (χ0) is 14.7. The summed E-state index contributed by atoms with van der Waals surface area (Å²) >= 11 is 0. The number of hydrazine groups is 1. The number of amides is 1. The smallest absolute Gasteiger partial charge is 0.272 e. The Bertz CT molecular complexity index is 629. The maximum Gasteiger partial charge on any atom is 0.272 e. The first-order valence-electron chi connectivity index (χ1n) is 7.07. The standard InChI is InChI=1S/C16H18N4O/c17-19-15-7-3-6-14(18-15)16(21)20-10-8-12-4-1-2-5-13(12)9-11-20/h1-7H,8-11,17H2,(H,18,19). The minimum absolute atomic E-state index is 0.0418. The summed E-state index contributed by atoms with van der Waals surface area (Å²) in [5.41, 5.74) is 5.56. The van der Waals surface area contributed by atoms with Crippen LogP contribution in [-0.2, 0) is 12.8 Å². The van der Waals surface area contributed by atoms with Gasteiger partial charge in [-0.3, -0.25) is 4.79 Å². The summed E-state index contributed by atoms with van der Waals surface area (Å²) in [4.78, 5) is 18.6. The Morgan fingerprint density at radius 2 is 1.71 bits per heavy atom. The van der Waals surface area contributed by atoms with E-state index in [4.69, 9.17) is 5.84 Å². The third kappa shape index (κ3) is 2.87. The van der Waals surface area contributed by atoms with Gasteiger partial charge in [0.2, 0.25) is 0 Å². The molecule has 0 atom stereocenters. The van der Waals surface area contributed by atoms with Gasteiger partial charge in [-0.2, -0.15) is 0 Å². The molecule has 2 aromatic rings. The van der Waals surface area contributed by atoms with Crippen LogP contribution in [-0.4, -0.2) is 28.9 Å². The zero-order valence-corrected chi connectivity index (χ0v) is 11.7. The van der Waals surface area contributed by atoms with Crippen molar-refractivity contribution in [2.24, 2.45) is 5.84 Å². The Hall–Kier alpha value is -2.40. The molecule has 0 fully saturated rings. The number of carbonyl (C=O) groups is 1. The Labute approximate surface area is 123 Å². The van der Waals surface area contributed by atoms with Crippen LogP contribution >= 0.6 is 0 Å². The largest absolute Gasteiger partial charge is 0.337 e. The summed E-state index contributed by atoms with van der Waals surface area (Å²) in [7, 11) is 0. The number of anilines is 1. The van der Waals surface area contributed by atoms with Crippen LogP contribution in [0.15, 0.2) is 42.5 Å². The molecule has 0 spiro atoms. The molecule has 0 bridgehead atoms. The molecule has 0 aliphatic carbocycles. The summed E-state index contributed by atoms with van der Waals surface area (Å²) in [6.45, 7) is 1.44. The molecular formula is C16H18N4O. The molecule has 0 radical (unpaired) electrons. The maximum absolute atomic E-state index is 12.6. The molecule has 3 rings (SSSR count). The number of aromatic nitrogens is 1. The van der Waals surface area contributed by atoms with Gasteiger partial charge in [-0.1, -0.05) is 30.3 Å². The molecule has 108 valence electrons. The molecular weight excluding hydrogens is 264 g/mol.